The van der Waals surface area contributed by atoms with Gasteiger partial charge in [-0.25, -0.2) is 9.97 Å². The Morgan fingerprint density at radius 1 is 1.10 bits per heavy atom. The van der Waals surface area contributed by atoms with Gasteiger partial charge < -0.3 is 14.8 Å². The Balaban J connectivity index is 1.37. The summed E-state index contributed by atoms with van der Waals surface area (Å²) in [6.45, 7) is 2.44. The van der Waals surface area contributed by atoms with E-state index in [4.69, 9.17) is 0 Å². The number of carbonyl (C=O) groups excluding carboxylic acids is 1. The fraction of sp³-hybridized carbons (Fsp3) is 0.391. The number of para-hydroxylation sites is 1. The molecule has 0 atom stereocenters. The number of benzene rings is 1. The van der Waals surface area contributed by atoms with Crippen LogP contribution in [0.25, 0.3) is 11.0 Å². The van der Waals surface area contributed by atoms with Crippen LogP contribution in [0.4, 0.5) is 11.5 Å². The Labute approximate surface area is 175 Å². The van der Waals surface area contributed by atoms with Gasteiger partial charge in [-0.05, 0) is 44.2 Å². The van der Waals surface area contributed by atoms with E-state index in [1.165, 1.54) is 0 Å². The molecule has 7 nitrogen and oxygen atoms in total. The van der Waals surface area contributed by atoms with Crippen LogP contribution in [0, 0.1) is 17.2 Å². The quantitative estimate of drug-likeness (QED) is 0.727. The zero-order valence-corrected chi connectivity index (χ0v) is 16.8. The van der Waals surface area contributed by atoms with Crippen molar-refractivity contribution < 1.29 is 4.79 Å². The third-order valence-electron chi connectivity index (χ3n) is 6.29. The fourth-order valence-electron chi connectivity index (χ4n) is 4.74. The second-order valence-electron chi connectivity index (χ2n) is 8.05. The maximum Gasteiger partial charge on any atom is 0.227 e. The molecule has 4 heterocycles. The molecule has 2 aliphatic rings. The van der Waals surface area contributed by atoms with Crippen LogP contribution in [0.2, 0.25) is 0 Å². The molecule has 1 aromatic carbocycles. The molecule has 0 saturated carbocycles. The summed E-state index contributed by atoms with van der Waals surface area (Å²) in [5.74, 6) is 0.974. The van der Waals surface area contributed by atoms with Gasteiger partial charge in [0.1, 0.15) is 23.4 Å². The van der Waals surface area contributed by atoms with Crippen molar-refractivity contribution in [1.82, 2.24) is 14.5 Å². The van der Waals surface area contributed by atoms with Crippen molar-refractivity contribution in [3.63, 3.8) is 0 Å². The normalized spacial score (nSPS) is 16.8. The first-order valence-electron chi connectivity index (χ1n) is 10.6. The molecule has 1 N–H and O–H groups in total. The summed E-state index contributed by atoms with van der Waals surface area (Å²) in [6.07, 6.45) is 6.26. The van der Waals surface area contributed by atoms with Crippen LogP contribution in [0.1, 0.15) is 36.9 Å². The molecule has 7 heteroatoms. The van der Waals surface area contributed by atoms with Crippen molar-refractivity contribution >= 4 is 28.4 Å². The molecule has 5 rings (SSSR count). The van der Waals surface area contributed by atoms with Crippen LogP contribution in [-0.2, 0) is 17.8 Å². The Morgan fingerprint density at radius 2 is 1.90 bits per heavy atom. The zero-order valence-electron chi connectivity index (χ0n) is 16.8. The van der Waals surface area contributed by atoms with Crippen LogP contribution < -0.4 is 10.2 Å². The van der Waals surface area contributed by atoms with Gasteiger partial charge in [0.15, 0.2) is 5.82 Å². The molecule has 152 valence electrons. The van der Waals surface area contributed by atoms with Crippen molar-refractivity contribution in [2.75, 3.05) is 23.3 Å². The van der Waals surface area contributed by atoms with Crippen molar-refractivity contribution in [1.29, 1.82) is 5.26 Å². The topological polar surface area (TPSA) is 86.8 Å². The number of anilines is 2. The van der Waals surface area contributed by atoms with Crippen molar-refractivity contribution in [2.24, 2.45) is 5.92 Å². The molecule has 3 aromatic rings. The minimum absolute atomic E-state index is 0.00492. The van der Waals surface area contributed by atoms with Crippen LogP contribution in [0.3, 0.4) is 0 Å². The van der Waals surface area contributed by atoms with Gasteiger partial charge in [0.25, 0.3) is 0 Å². The zero-order chi connectivity index (χ0) is 20.5. The minimum atomic E-state index is -0.00492. The second-order valence-corrected chi connectivity index (χ2v) is 8.05. The standard InChI is InChI=1S/C23H24N6O/c24-14-18-19-8-4-5-11-29(19)21-20(18)25-15-26-22(21)28-12-9-16(10-13-28)23(30)27-17-6-2-1-3-7-17/h1-3,6-7,15-16H,4-5,8-13H2,(H,27,30). The SMILES string of the molecule is N#Cc1c2n(c3c(N4CCC(C(=O)Nc5ccccc5)CC4)ncnc13)CCCC2. The van der Waals surface area contributed by atoms with Crippen LogP contribution >= 0.6 is 0 Å². The van der Waals surface area contributed by atoms with Crippen molar-refractivity contribution in [3.8, 4) is 6.07 Å². The molecule has 0 radical (unpaired) electrons. The third-order valence-corrected chi connectivity index (χ3v) is 6.29. The van der Waals surface area contributed by atoms with E-state index in [2.05, 4.69) is 30.8 Å². The van der Waals surface area contributed by atoms with Crippen LogP contribution in [0.5, 0.6) is 0 Å². The number of carbonyl (C=O) groups is 1. The van der Waals surface area contributed by atoms with Gasteiger partial charge in [-0.2, -0.15) is 5.26 Å². The van der Waals surface area contributed by atoms with Gasteiger partial charge in [0.2, 0.25) is 5.91 Å². The summed E-state index contributed by atoms with van der Waals surface area (Å²) in [5, 5.41) is 12.7. The van der Waals surface area contributed by atoms with E-state index in [1.807, 2.05) is 30.3 Å². The van der Waals surface area contributed by atoms with Crippen molar-refractivity contribution in [2.45, 2.75) is 38.6 Å². The Kier molecular flexibility index (Phi) is 4.83. The first-order chi connectivity index (χ1) is 14.8. The molecule has 2 aromatic heterocycles. The predicted molar refractivity (Wildman–Crippen MR) is 115 cm³/mol. The number of hydrogen-bond acceptors (Lipinski definition) is 5. The first kappa shape index (κ1) is 18.6. The monoisotopic (exact) mass is 400 g/mol. The number of nitrogens with one attached hydrogen (secondary N) is 1. The lowest BCUT2D eigenvalue weighted by Crippen LogP contribution is -2.38. The predicted octanol–water partition coefficient (Wildman–Crippen LogP) is 3.49. The molecule has 30 heavy (non-hydrogen) atoms. The third kappa shape index (κ3) is 3.18. The number of piperidine rings is 1. The Hall–Kier alpha value is -3.40. The average molecular weight is 400 g/mol. The van der Waals surface area contributed by atoms with Crippen molar-refractivity contribution in [3.05, 3.63) is 47.9 Å². The molecule has 0 bridgehead atoms. The number of aromatic nitrogens is 3. The largest absolute Gasteiger partial charge is 0.355 e. The molecule has 2 aliphatic heterocycles. The molecule has 1 amide bonds. The number of nitrogens with zero attached hydrogens (tertiary/aromatic N) is 5. The number of nitriles is 1. The molecule has 1 fully saturated rings. The van der Waals surface area contributed by atoms with E-state index in [1.54, 1.807) is 6.33 Å². The van der Waals surface area contributed by atoms with Gasteiger partial charge in [0.05, 0.1) is 5.56 Å². The van der Waals surface area contributed by atoms with Crippen LogP contribution in [-0.4, -0.2) is 33.5 Å². The molecular weight excluding hydrogens is 376 g/mol. The highest BCUT2D eigenvalue weighted by atomic mass is 16.1. The van der Waals surface area contributed by atoms with Gasteiger partial charge in [-0.1, -0.05) is 18.2 Å². The molecule has 0 spiro atoms. The lowest BCUT2D eigenvalue weighted by molar-refractivity contribution is -0.120. The minimum Gasteiger partial charge on any atom is -0.355 e. The Morgan fingerprint density at radius 3 is 2.67 bits per heavy atom. The maximum absolute atomic E-state index is 12.7. The number of hydrogen-bond donors (Lipinski definition) is 1. The molecule has 1 saturated heterocycles. The number of fused-ring (bicyclic) bond motifs is 3. The van der Waals surface area contributed by atoms with Gasteiger partial charge in [-0.3, -0.25) is 4.79 Å². The number of rotatable bonds is 3. The van der Waals surface area contributed by atoms with Gasteiger partial charge in [-0.15, -0.1) is 0 Å². The molecular formula is C23H24N6O. The lowest BCUT2D eigenvalue weighted by Gasteiger charge is -2.32. The summed E-state index contributed by atoms with van der Waals surface area (Å²) in [4.78, 5) is 24.0. The number of aryl methyl sites for hydroxylation is 1. The summed E-state index contributed by atoms with van der Waals surface area (Å²) in [6, 6.07) is 12.0. The highest BCUT2D eigenvalue weighted by molar-refractivity contribution is 5.94. The first-order valence-corrected chi connectivity index (χ1v) is 10.6. The fourth-order valence-corrected chi connectivity index (χ4v) is 4.74. The van der Waals surface area contributed by atoms with Crippen LogP contribution in [0.15, 0.2) is 36.7 Å². The second kappa shape index (κ2) is 7.79. The summed E-state index contributed by atoms with van der Waals surface area (Å²) in [7, 11) is 0. The van der Waals surface area contributed by atoms with E-state index < -0.39 is 0 Å². The van der Waals surface area contributed by atoms with E-state index in [-0.39, 0.29) is 11.8 Å². The smallest absolute Gasteiger partial charge is 0.227 e. The van der Waals surface area contributed by atoms with E-state index in [0.717, 1.165) is 80.0 Å². The molecule has 0 unspecified atom stereocenters. The summed E-state index contributed by atoms with van der Waals surface area (Å²) < 4.78 is 2.25. The lowest BCUT2D eigenvalue weighted by atomic mass is 9.95. The average Bonchev–Trinajstić information content (AvgIpc) is 3.13. The van der Waals surface area contributed by atoms with E-state index in [9.17, 15) is 10.1 Å². The van der Waals surface area contributed by atoms with Gasteiger partial charge in [0, 0.05) is 36.9 Å². The highest BCUT2D eigenvalue weighted by Gasteiger charge is 2.29. The summed E-state index contributed by atoms with van der Waals surface area (Å²) >= 11 is 0. The summed E-state index contributed by atoms with van der Waals surface area (Å²) in [5.41, 5.74) is 4.38. The maximum atomic E-state index is 12.7. The van der Waals surface area contributed by atoms with E-state index >= 15 is 0 Å². The Bertz CT molecular complexity index is 1120. The van der Waals surface area contributed by atoms with Gasteiger partial charge >= 0.3 is 0 Å². The molecule has 0 aliphatic carbocycles. The highest BCUT2D eigenvalue weighted by Crippen LogP contribution is 2.35. The van der Waals surface area contributed by atoms with E-state index in [0.29, 0.717) is 5.56 Å². The number of amides is 1.